The Morgan fingerprint density at radius 3 is 1.90 bits per heavy atom. The summed E-state index contributed by atoms with van der Waals surface area (Å²) in [5.74, 6) is 2.43. The summed E-state index contributed by atoms with van der Waals surface area (Å²) in [5, 5.41) is 10.7. The fourth-order valence-electron chi connectivity index (χ4n) is 3.74. The second-order valence-electron chi connectivity index (χ2n) is 8.12. The van der Waals surface area contributed by atoms with Crippen molar-refractivity contribution in [2.24, 2.45) is 5.92 Å². The zero-order valence-corrected chi connectivity index (χ0v) is 18.4. The van der Waals surface area contributed by atoms with E-state index in [0.717, 1.165) is 48.1 Å². The summed E-state index contributed by atoms with van der Waals surface area (Å²) < 4.78 is 16.8. The number of nitrogens with zero attached hydrogens (tertiary/aromatic N) is 1. The van der Waals surface area contributed by atoms with Gasteiger partial charge in [-0.15, -0.1) is 0 Å². The van der Waals surface area contributed by atoms with E-state index in [9.17, 15) is 5.11 Å². The fourth-order valence-corrected chi connectivity index (χ4v) is 3.74. The first-order valence-electron chi connectivity index (χ1n) is 10.9. The van der Waals surface area contributed by atoms with Crippen LogP contribution < -0.4 is 9.47 Å². The Hall–Kier alpha value is -2.08. The van der Waals surface area contributed by atoms with Gasteiger partial charge in [0.15, 0.2) is 0 Å². The molecule has 0 aliphatic heterocycles. The molecule has 0 bridgehead atoms. The highest BCUT2D eigenvalue weighted by Gasteiger charge is 2.25. The predicted molar refractivity (Wildman–Crippen MR) is 119 cm³/mol. The average molecular weight is 414 g/mol. The van der Waals surface area contributed by atoms with Crippen LogP contribution in [-0.2, 0) is 4.74 Å². The Labute approximate surface area is 180 Å². The minimum absolute atomic E-state index is 0.264. The summed E-state index contributed by atoms with van der Waals surface area (Å²) in [5.41, 5.74) is 2.05. The van der Waals surface area contributed by atoms with Crippen LogP contribution in [0.4, 0.5) is 0 Å². The highest BCUT2D eigenvalue weighted by molar-refractivity contribution is 5.36. The topological polar surface area (TPSA) is 51.2 Å². The second kappa shape index (κ2) is 11.3. The molecule has 0 heterocycles. The van der Waals surface area contributed by atoms with Gasteiger partial charge in [0.1, 0.15) is 17.6 Å². The molecule has 5 heteroatoms. The van der Waals surface area contributed by atoms with Gasteiger partial charge in [0, 0.05) is 13.1 Å². The molecule has 1 N–H and O–H groups in total. The number of hydrogen-bond acceptors (Lipinski definition) is 5. The van der Waals surface area contributed by atoms with E-state index in [4.69, 9.17) is 14.2 Å². The Morgan fingerprint density at radius 1 is 0.933 bits per heavy atom. The van der Waals surface area contributed by atoms with Gasteiger partial charge in [0.2, 0.25) is 0 Å². The van der Waals surface area contributed by atoms with E-state index in [1.807, 2.05) is 48.5 Å². The predicted octanol–water partition coefficient (Wildman–Crippen LogP) is 4.29. The molecule has 1 aliphatic rings. The van der Waals surface area contributed by atoms with Crippen LogP contribution in [0.5, 0.6) is 11.5 Å². The van der Waals surface area contributed by atoms with Crippen molar-refractivity contribution in [1.82, 2.24) is 4.90 Å². The molecule has 1 aliphatic carbocycles. The third kappa shape index (κ3) is 6.73. The molecule has 1 atom stereocenters. The standard InChI is InChI=1S/C25H35NO4/c1-4-15-26(16-19-5-6-19)17-22(27)18-30-25(20-7-11-23(28-2)12-8-20)21-9-13-24(29-3)14-10-21/h7-14,19,22,25,27H,4-6,15-18H2,1-3H3. The van der Waals surface area contributed by atoms with Crippen LogP contribution in [0.15, 0.2) is 48.5 Å². The van der Waals surface area contributed by atoms with Crippen LogP contribution in [0.2, 0.25) is 0 Å². The first kappa shape index (κ1) is 22.6. The molecule has 2 aromatic carbocycles. The van der Waals surface area contributed by atoms with Crippen molar-refractivity contribution in [3.05, 3.63) is 59.7 Å². The smallest absolute Gasteiger partial charge is 0.118 e. The van der Waals surface area contributed by atoms with Gasteiger partial charge in [-0.25, -0.2) is 0 Å². The molecular weight excluding hydrogens is 378 g/mol. The Balaban J connectivity index is 1.67. The number of aliphatic hydroxyl groups is 1. The SMILES string of the molecule is CCCN(CC(O)COC(c1ccc(OC)cc1)c1ccc(OC)cc1)CC1CC1. The number of ether oxygens (including phenoxy) is 3. The average Bonchev–Trinajstić information content (AvgIpc) is 3.59. The molecule has 1 saturated carbocycles. The monoisotopic (exact) mass is 413 g/mol. The molecule has 30 heavy (non-hydrogen) atoms. The lowest BCUT2D eigenvalue weighted by Crippen LogP contribution is -2.37. The lowest BCUT2D eigenvalue weighted by atomic mass is 10.0. The van der Waals surface area contributed by atoms with Crippen molar-refractivity contribution in [2.45, 2.75) is 38.4 Å². The van der Waals surface area contributed by atoms with E-state index in [1.54, 1.807) is 14.2 Å². The molecule has 1 fully saturated rings. The Kier molecular flexibility index (Phi) is 8.55. The highest BCUT2D eigenvalue weighted by Crippen LogP contribution is 2.31. The molecule has 3 rings (SSSR count). The van der Waals surface area contributed by atoms with Crippen LogP contribution in [0, 0.1) is 5.92 Å². The van der Waals surface area contributed by atoms with Crippen molar-refractivity contribution in [3.63, 3.8) is 0 Å². The van der Waals surface area contributed by atoms with Crippen molar-refractivity contribution in [3.8, 4) is 11.5 Å². The van der Waals surface area contributed by atoms with Crippen LogP contribution in [-0.4, -0.2) is 56.6 Å². The zero-order valence-electron chi connectivity index (χ0n) is 18.4. The number of hydrogen-bond donors (Lipinski definition) is 1. The van der Waals surface area contributed by atoms with Gasteiger partial charge in [-0.2, -0.15) is 0 Å². The first-order valence-corrected chi connectivity index (χ1v) is 10.9. The second-order valence-corrected chi connectivity index (χ2v) is 8.12. The summed E-state index contributed by atoms with van der Waals surface area (Å²) in [6, 6.07) is 15.8. The number of methoxy groups -OCH3 is 2. The highest BCUT2D eigenvalue weighted by atomic mass is 16.5. The van der Waals surface area contributed by atoms with Crippen LogP contribution >= 0.6 is 0 Å². The Bertz CT molecular complexity index is 695. The maximum absolute atomic E-state index is 10.7. The molecule has 5 nitrogen and oxygen atoms in total. The lowest BCUT2D eigenvalue weighted by Gasteiger charge is -2.26. The maximum Gasteiger partial charge on any atom is 0.118 e. The minimum Gasteiger partial charge on any atom is -0.497 e. The van der Waals surface area contributed by atoms with E-state index < -0.39 is 6.10 Å². The molecule has 0 saturated heterocycles. The van der Waals surface area contributed by atoms with Crippen LogP contribution in [0.1, 0.15) is 43.4 Å². The lowest BCUT2D eigenvalue weighted by molar-refractivity contribution is -0.00893. The number of aliphatic hydroxyl groups excluding tert-OH is 1. The molecule has 0 spiro atoms. The third-order valence-electron chi connectivity index (χ3n) is 5.51. The number of benzene rings is 2. The normalized spacial score (nSPS) is 14.9. The summed E-state index contributed by atoms with van der Waals surface area (Å²) >= 11 is 0. The van der Waals surface area contributed by atoms with Gasteiger partial charge in [0.25, 0.3) is 0 Å². The largest absolute Gasteiger partial charge is 0.497 e. The zero-order chi connectivity index (χ0) is 21.3. The van der Waals surface area contributed by atoms with Crippen molar-refractivity contribution in [1.29, 1.82) is 0 Å². The van der Waals surface area contributed by atoms with Crippen LogP contribution in [0.25, 0.3) is 0 Å². The van der Waals surface area contributed by atoms with E-state index in [-0.39, 0.29) is 12.7 Å². The molecule has 2 aromatic rings. The fraction of sp³-hybridized carbons (Fsp3) is 0.520. The first-order chi connectivity index (χ1) is 14.6. The van der Waals surface area contributed by atoms with Gasteiger partial charge in [0.05, 0.1) is 26.9 Å². The maximum atomic E-state index is 10.7. The summed E-state index contributed by atoms with van der Waals surface area (Å²) in [6.45, 7) is 5.24. The molecule has 0 amide bonds. The van der Waals surface area contributed by atoms with E-state index in [2.05, 4.69) is 11.8 Å². The van der Waals surface area contributed by atoms with Crippen molar-refractivity contribution in [2.75, 3.05) is 40.5 Å². The van der Waals surface area contributed by atoms with Crippen molar-refractivity contribution < 1.29 is 19.3 Å². The summed E-state index contributed by atoms with van der Waals surface area (Å²) in [7, 11) is 3.32. The van der Waals surface area contributed by atoms with Gasteiger partial charge in [-0.1, -0.05) is 31.2 Å². The molecule has 164 valence electrons. The summed E-state index contributed by atoms with van der Waals surface area (Å²) in [6.07, 6.45) is 2.96. The van der Waals surface area contributed by atoms with E-state index in [0.29, 0.717) is 6.54 Å². The van der Waals surface area contributed by atoms with E-state index >= 15 is 0 Å². The molecule has 0 radical (unpaired) electrons. The van der Waals surface area contributed by atoms with Gasteiger partial charge < -0.3 is 24.2 Å². The number of rotatable bonds is 13. The molecular formula is C25H35NO4. The van der Waals surface area contributed by atoms with Gasteiger partial charge in [-0.05, 0) is 67.1 Å². The quantitative estimate of drug-likeness (QED) is 0.531. The Morgan fingerprint density at radius 2 is 1.47 bits per heavy atom. The summed E-state index contributed by atoms with van der Waals surface area (Å²) in [4.78, 5) is 2.38. The van der Waals surface area contributed by atoms with Gasteiger partial charge >= 0.3 is 0 Å². The van der Waals surface area contributed by atoms with Crippen molar-refractivity contribution >= 4 is 0 Å². The van der Waals surface area contributed by atoms with E-state index in [1.165, 1.54) is 12.8 Å². The molecule has 1 unspecified atom stereocenters. The third-order valence-corrected chi connectivity index (χ3v) is 5.51. The molecule has 0 aromatic heterocycles. The van der Waals surface area contributed by atoms with Crippen LogP contribution in [0.3, 0.4) is 0 Å². The van der Waals surface area contributed by atoms with Gasteiger partial charge in [-0.3, -0.25) is 0 Å². The minimum atomic E-state index is -0.519.